The number of allylic oxidation sites excluding steroid dienone is 2. The summed E-state index contributed by atoms with van der Waals surface area (Å²) in [6, 6.07) is 7.24. The van der Waals surface area contributed by atoms with E-state index in [1.807, 2.05) is 25.1 Å². The normalized spacial score (nSPS) is 11.6. The van der Waals surface area contributed by atoms with Crippen molar-refractivity contribution < 1.29 is 9.21 Å². The van der Waals surface area contributed by atoms with E-state index in [1.165, 1.54) is 76.7 Å². The Labute approximate surface area is 194 Å². The second kappa shape index (κ2) is 15.6. The number of Topliss-reactive ketones (excluding diaryl/α,β-unsaturated/α-hetero) is 1. The number of hydrogen-bond donors (Lipinski definition) is 0. The molecule has 0 unspecified atom stereocenters. The molecular formula is C29H42O3. The van der Waals surface area contributed by atoms with E-state index in [0.717, 1.165) is 29.4 Å². The van der Waals surface area contributed by atoms with Crippen LogP contribution in [-0.2, 0) is 11.2 Å². The number of carbonyl (C=O) groups excluding carboxylic acids is 1. The first kappa shape index (κ1) is 26.1. The van der Waals surface area contributed by atoms with Gasteiger partial charge in [0.05, 0.1) is 0 Å². The maximum Gasteiger partial charge on any atom is 0.336 e. The predicted octanol–water partition coefficient (Wildman–Crippen LogP) is 8.25. The van der Waals surface area contributed by atoms with Gasteiger partial charge in [0.15, 0.2) is 0 Å². The molecule has 0 N–H and O–H groups in total. The molecule has 0 fully saturated rings. The van der Waals surface area contributed by atoms with Crippen LogP contribution in [0.25, 0.3) is 11.0 Å². The summed E-state index contributed by atoms with van der Waals surface area (Å²) in [4.78, 5) is 23.9. The number of unbranched alkanes of at least 4 members (excludes halogenated alkanes) is 11. The molecule has 0 saturated carbocycles. The zero-order chi connectivity index (χ0) is 23.0. The van der Waals surface area contributed by atoms with Crippen molar-refractivity contribution in [2.24, 2.45) is 0 Å². The smallest absolute Gasteiger partial charge is 0.336 e. The fourth-order valence-electron chi connectivity index (χ4n) is 4.19. The Morgan fingerprint density at radius 2 is 1.47 bits per heavy atom. The highest BCUT2D eigenvalue weighted by Crippen LogP contribution is 2.19. The number of carbonyl (C=O) groups is 1. The van der Waals surface area contributed by atoms with Crippen molar-refractivity contribution in [3.63, 3.8) is 0 Å². The monoisotopic (exact) mass is 438 g/mol. The summed E-state index contributed by atoms with van der Waals surface area (Å²) in [5.74, 6) is 0.261. The van der Waals surface area contributed by atoms with Gasteiger partial charge < -0.3 is 4.42 Å². The molecule has 2 aromatic rings. The standard InChI is InChI=1S/C29H42O3/c1-3-4-5-6-7-8-9-10-11-12-13-14-15-16-17-18-26(30)22-25-19-20-27-24(2)21-29(31)32-28(27)23-25/h10-11,19-21,23H,3-9,12-18,22H2,1-2H3/b11-10-. The van der Waals surface area contributed by atoms with Crippen LogP contribution >= 0.6 is 0 Å². The lowest BCUT2D eigenvalue weighted by molar-refractivity contribution is -0.118. The maximum absolute atomic E-state index is 12.3. The van der Waals surface area contributed by atoms with Crippen LogP contribution in [-0.4, -0.2) is 5.78 Å². The van der Waals surface area contributed by atoms with Gasteiger partial charge >= 0.3 is 5.63 Å². The number of rotatable bonds is 17. The molecule has 0 aliphatic heterocycles. The number of aryl methyl sites for hydroxylation is 1. The van der Waals surface area contributed by atoms with Crippen LogP contribution in [0.1, 0.15) is 108 Å². The van der Waals surface area contributed by atoms with Crippen LogP contribution in [0.2, 0.25) is 0 Å². The third kappa shape index (κ3) is 10.4. The van der Waals surface area contributed by atoms with Crippen LogP contribution in [0.4, 0.5) is 0 Å². The molecule has 1 aromatic heterocycles. The molecule has 0 saturated heterocycles. The third-order valence-corrected chi connectivity index (χ3v) is 6.13. The Morgan fingerprint density at radius 3 is 2.16 bits per heavy atom. The van der Waals surface area contributed by atoms with Gasteiger partial charge in [0.2, 0.25) is 0 Å². The van der Waals surface area contributed by atoms with Gasteiger partial charge in [0.25, 0.3) is 0 Å². The topological polar surface area (TPSA) is 47.3 Å². The van der Waals surface area contributed by atoms with Gasteiger partial charge in [-0.2, -0.15) is 0 Å². The third-order valence-electron chi connectivity index (χ3n) is 6.13. The first-order chi connectivity index (χ1) is 15.6. The summed E-state index contributed by atoms with van der Waals surface area (Å²) < 4.78 is 5.28. The van der Waals surface area contributed by atoms with Crippen LogP contribution in [0.3, 0.4) is 0 Å². The maximum atomic E-state index is 12.3. The Kier molecular flexibility index (Phi) is 12.7. The van der Waals surface area contributed by atoms with Crippen molar-refractivity contribution in [1.29, 1.82) is 0 Å². The molecule has 1 heterocycles. The zero-order valence-electron chi connectivity index (χ0n) is 20.3. The van der Waals surface area contributed by atoms with E-state index in [4.69, 9.17) is 4.42 Å². The molecule has 3 heteroatoms. The summed E-state index contributed by atoms with van der Waals surface area (Å²) >= 11 is 0. The highest BCUT2D eigenvalue weighted by Gasteiger charge is 2.07. The van der Waals surface area contributed by atoms with Gasteiger partial charge in [0.1, 0.15) is 11.4 Å². The minimum absolute atomic E-state index is 0.261. The van der Waals surface area contributed by atoms with Crippen molar-refractivity contribution in [3.05, 3.63) is 58.0 Å². The van der Waals surface area contributed by atoms with E-state index < -0.39 is 0 Å². The summed E-state index contributed by atoms with van der Waals surface area (Å²) in [5, 5.41) is 0.929. The number of benzene rings is 1. The lowest BCUT2D eigenvalue weighted by Crippen LogP contribution is -2.03. The molecule has 2 rings (SSSR count). The molecule has 0 aliphatic rings. The van der Waals surface area contributed by atoms with Gasteiger partial charge in [-0.25, -0.2) is 4.79 Å². The van der Waals surface area contributed by atoms with Crippen molar-refractivity contribution >= 4 is 16.8 Å². The van der Waals surface area contributed by atoms with Crippen molar-refractivity contribution in [2.75, 3.05) is 0 Å². The summed E-state index contributed by atoms with van der Waals surface area (Å²) in [5.41, 5.74) is 2.06. The van der Waals surface area contributed by atoms with Gasteiger partial charge in [-0.15, -0.1) is 0 Å². The molecule has 0 amide bonds. The average molecular weight is 439 g/mol. The first-order valence-electron chi connectivity index (χ1n) is 12.8. The molecule has 32 heavy (non-hydrogen) atoms. The summed E-state index contributed by atoms with van der Waals surface area (Å²) in [6.07, 6.45) is 22.2. The van der Waals surface area contributed by atoms with E-state index in [-0.39, 0.29) is 11.4 Å². The fourth-order valence-corrected chi connectivity index (χ4v) is 4.19. The molecule has 0 spiro atoms. The first-order valence-corrected chi connectivity index (χ1v) is 12.8. The minimum Gasteiger partial charge on any atom is -0.423 e. The molecule has 3 nitrogen and oxygen atoms in total. The number of hydrogen-bond acceptors (Lipinski definition) is 3. The molecule has 0 radical (unpaired) electrons. The predicted molar refractivity (Wildman–Crippen MR) is 135 cm³/mol. The van der Waals surface area contributed by atoms with Crippen molar-refractivity contribution in [1.82, 2.24) is 0 Å². The number of ketones is 1. The van der Waals surface area contributed by atoms with Gasteiger partial charge in [0, 0.05) is 24.3 Å². The SMILES string of the molecule is CCCCCCCC/C=C\CCCCCCCC(=O)Cc1ccc2c(C)cc(=O)oc2c1. The summed E-state index contributed by atoms with van der Waals surface area (Å²) in [7, 11) is 0. The van der Waals surface area contributed by atoms with Gasteiger partial charge in [-0.05, 0) is 56.2 Å². The van der Waals surface area contributed by atoms with Crippen LogP contribution < -0.4 is 5.63 Å². The molecule has 176 valence electrons. The highest BCUT2D eigenvalue weighted by atomic mass is 16.4. The second-order valence-corrected chi connectivity index (χ2v) is 9.13. The van der Waals surface area contributed by atoms with E-state index in [0.29, 0.717) is 18.4 Å². The molecule has 0 atom stereocenters. The van der Waals surface area contributed by atoms with E-state index in [1.54, 1.807) is 0 Å². The fraction of sp³-hybridized carbons (Fsp3) is 0.586. The Hall–Kier alpha value is -2.16. The number of fused-ring (bicyclic) bond motifs is 1. The van der Waals surface area contributed by atoms with Crippen LogP contribution in [0, 0.1) is 6.92 Å². The van der Waals surface area contributed by atoms with Gasteiger partial charge in [-0.1, -0.05) is 82.6 Å². The van der Waals surface area contributed by atoms with Crippen molar-refractivity contribution in [2.45, 2.75) is 110 Å². The van der Waals surface area contributed by atoms with Crippen molar-refractivity contribution in [3.8, 4) is 0 Å². The largest absolute Gasteiger partial charge is 0.423 e. The highest BCUT2D eigenvalue weighted by molar-refractivity contribution is 5.84. The Balaban J connectivity index is 1.50. The average Bonchev–Trinajstić information content (AvgIpc) is 2.76. The second-order valence-electron chi connectivity index (χ2n) is 9.13. The molecule has 0 aliphatic carbocycles. The Morgan fingerprint density at radius 1 is 0.844 bits per heavy atom. The quantitative estimate of drug-likeness (QED) is 0.142. The molecule has 1 aromatic carbocycles. The van der Waals surface area contributed by atoms with E-state index in [2.05, 4.69) is 19.1 Å². The molecule has 0 bridgehead atoms. The molecular weight excluding hydrogens is 396 g/mol. The van der Waals surface area contributed by atoms with E-state index in [9.17, 15) is 9.59 Å². The minimum atomic E-state index is -0.341. The zero-order valence-corrected chi connectivity index (χ0v) is 20.3. The van der Waals surface area contributed by atoms with E-state index >= 15 is 0 Å². The lowest BCUT2D eigenvalue weighted by Gasteiger charge is -2.05. The summed E-state index contributed by atoms with van der Waals surface area (Å²) in [6.45, 7) is 4.16. The van der Waals surface area contributed by atoms with Gasteiger partial charge in [-0.3, -0.25) is 4.79 Å². The van der Waals surface area contributed by atoms with Crippen LogP contribution in [0.15, 0.2) is 45.6 Å². The van der Waals surface area contributed by atoms with Crippen LogP contribution in [0.5, 0.6) is 0 Å². The lowest BCUT2D eigenvalue weighted by atomic mass is 10.0. The Bertz CT molecular complexity index is 891.